The second kappa shape index (κ2) is 8.81. The van der Waals surface area contributed by atoms with Gasteiger partial charge >= 0.3 is 6.03 Å². The molecule has 1 atom stereocenters. The average Bonchev–Trinajstić information content (AvgIpc) is 3.23. The van der Waals surface area contributed by atoms with Gasteiger partial charge in [0.1, 0.15) is 0 Å². The highest BCUT2D eigenvalue weighted by molar-refractivity contribution is 5.96. The van der Waals surface area contributed by atoms with E-state index in [-0.39, 0.29) is 12.1 Å². The second-order valence-electron chi connectivity index (χ2n) is 8.37. The van der Waals surface area contributed by atoms with Crippen LogP contribution in [-0.4, -0.2) is 42.1 Å². The Kier molecular flexibility index (Phi) is 5.57. The molecule has 2 amide bonds. The lowest BCUT2D eigenvalue weighted by Crippen LogP contribution is -2.39. The van der Waals surface area contributed by atoms with Crippen molar-refractivity contribution in [1.29, 1.82) is 0 Å². The van der Waals surface area contributed by atoms with Crippen molar-refractivity contribution in [2.75, 3.05) is 25.5 Å². The number of carbonyl (C=O) groups excluding carboxylic acids is 1. The Hall–Kier alpha value is -3.70. The van der Waals surface area contributed by atoms with E-state index in [0.717, 1.165) is 58.5 Å². The van der Waals surface area contributed by atoms with Crippen LogP contribution in [-0.2, 0) is 0 Å². The largest absolute Gasteiger partial charge is 0.334 e. The number of rotatable bonds is 4. The number of likely N-dealkylation sites (tertiary alicyclic amines) is 1. The maximum Gasteiger partial charge on any atom is 0.319 e. The number of hydrogen-bond donors (Lipinski definition) is 2. The first-order chi connectivity index (χ1) is 15.7. The monoisotopic (exact) mass is 422 g/mol. The SMILES string of the molecule is CN1CCC(NC(=O)Nc2ccc3nc(-c4ccccc4)c(-c4ccccc4)cc3c2)C1. The van der Waals surface area contributed by atoms with E-state index in [0.29, 0.717) is 0 Å². The van der Waals surface area contributed by atoms with Crippen molar-refractivity contribution in [3.05, 3.63) is 84.9 Å². The predicted octanol–water partition coefficient (Wildman–Crippen LogP) is 5.39. The van der Waals surface area contributed by atoms with Gasteiger partial charge in [-0.2, -0.15) is 0 Å². The summed E-state index contributed by atoms with van der Waals surface area (Å²) in [6.45, 7) is 1.90. The summed E-state index contributed by atoms with van der Waals surface area (Å²) in [4.78, 5) is 19.7. The van der Waals surface area contributed by atoms with Crippen molar-refractivity contribution in [2.24, 2.45) is 0 Å². The van der Waals surface area contributed by atoms with E-state index >= 15 is 0 Å². The lowest BCUT2D eigenvalue weighted by molar-refractivity contribution is 0.248. The van der Waals surface area contributed by atoms with Gasteiger partial charge in [0.25, 0.3) is 0 Å². The van der Waals surface area contributed by atoms with Gasteiger partial charge in [-0.3, -0.25) is 0 Å². The van der Waals surface area contributed by atoms with Crippen LogP contribution in [0.5, 0.6) is 0 Å². The van der Waals surface area contributed by atoms with Crippen LogP contribution >= 0.6 is 0 Å². The van der Waals surface area contributed by atoms with E-state index in [4.69, 9.17) is 4.98 Å². The van der Waals surface area contributed by atoms with Crippen molar-refractivity contribution in [3.63, 3.8) is 0 Å². The van der Waals surface area contributed by atoms with Gasteiger partial charge < -0.3 is 15.5 Å². The summed E-state index contributed by atoms with van der Waals surface area (Å²) in [5.74, 6) is 0. The number of urea groups is 1. The minimum atomic E-state index is -0.165. The first-order valence-electron chi connectivity index (χ1n) is 11.0. The normalized spacial score (nSPS) is 16.2. The molecule has 0 radical (unpaired) electrons. The summed E-state index contributed by atoms with van der Waals surface area (Å²) in [6, 6.07) is 28.6. The van der Waals surface area contributed by atoms with Gasteiger partial charge in [0.05, 0.1) is 11.2 Å². The number of amides is 2. The molecule has 0 aliphatic carbocycles. The number of aromatic nitrogens is 1. The van der Waals surface area contributed by atoms with E-state index in [2.05, 4.69) is 52.9 Å². The van der Waals surface area contributed by atoms with Crippen LogP contribution in [0, 0.1) is 0 Å². The Labute approximate surface area is 188 Å². The predicted molar refractivity (Wildman–Crippen MR) is 131 cm³/mol. The van der Waals surface area contributed by atoms with Gasteiger partial charge in [0.15, 0.2) is 0 Å². The minimum Gasteiger partial charge on any atom is -0.334 e. The van der Waals surface area contributed by atoms with Gasteiger partial charge in [-0.25, -0.2) is 9.78 Å². The average molecular weight is 423 g/mol. The fourth-order valence-electron chi connectivity index (χ4n) is 4.31. The van der Waals surface area contributed by atoms with Gasteiger partial charge in [0.2, 0.25) is 0 Å². The zero-order valence-corrected chi connectivity index (χ0v) is 18.1. The Balaban J connectivity index is 1.48. The zero-order valence-electron chi connectivity index (χ0n) is 18.1. The van der Waals surface area contributed by atoms with Crippen LogP contribution in [0.1, 0.15) is 6.42 Å². The number of pyridine rings is 1. The van der Waals surface area contributed by atoms with Crippen LogP contribution in [0.15, 0.2) is 84.9 Å². The molecule has 5 rings (SSSR count). The zero-order chi connectivity index (χ0) is 21.9. The molecule has 4 aromatic rings. The number of nitrogens with zero attached hydrogens (tertiary/aromatic N) is 2. The molecule has 0 bridgehead atoms. The summed E-state index contributed by atoms with van der Waals surface area (Å²) in [5.41, 5.74) is 5.87. The fraction of sp³-hybridized carbons (Fsp3) is 0.185. The van der Waals surface area contributed by atoms with Crippen molar-refractivity contribution in [2.45, 2.75) is 12.5 Å². The standard InChI is InChI=1S/C27H26N4O/c1-31-15-14-23(18-31)29-27(32)28-22-12-13-25-21(16-22)17-24(19-8-4-2-5-9-19)26(30-25)20-10-6-3-7-11-20/h2-13,16-17,23H,14-15,18H2,1H3,(H2,28,29,32). The summed E-state index contributed by atoms with van der Waals surface area (Å²) < 4.78 is 0. The number of anilines is 1. The van der Waals surface area contributed by atoms with Gasteiger partial charge in [-0.15, -0.1) is 0 Å². The molecule has 1 aliphatic heterocycles. The Morgan fingerprint density at radius 2 is 1.66 bits per heavy atom. The Morgan fingerprint density at radius 1 is 0.938 bits per heavy atom. The van der Waals surface area contributed by atoms with Crippen molar-refractivity contribution < 1.29 is 4.79 Å². The Bertz CT molecular complexity index is 1240. The molecule has 2 N–H and O–H groups in total. The molecule has 5 nitrogen and oxygen atoms in total. The molecule has 32 heavy (non-hydrogen) atoms. The molecule has 3 aromatic carbocycles. The molecular weight excluding hydrogens is 396 g/mol. The third kappa shape index (κ3) is 4.34. The summed E-state index contributed by atoms with van der Waals surface area (Å²) in [6.07, 6.45) is 0.980. The Morgan fingerprint density at radius 3 is 2.34 bits per heavy atom. The summed E-state index contributed by atoms with van der Waals surface area (Å²) >= 11 is 0. The van der Waals surface area contributed by atoms with Crippen LogP contribution in [0.25, 0.3) is 33.3 Å². The smallest absolute Gasteiger partial charge is 0.319 e. The minimum absolute atomic E-state index is 0.165. The van der Waals surface area contributed by atoms with Gasteiger partial charge in [0, 0.05) is 34.8 Å². The molecule has 1 saturated heterocycles. The van der Waals surface area contributed by atoms with Crippen molar-refractivity contribution in [1.82, 2.24) is 15.2 Å². The van der Waals surface area contributed by atoms with E-state index < -0.39 is 0 Å². The van der Waals surface area contributed by atoms with Crippen LogP contribution < -0.4 is 10.6 Å². The third-order valence-corrected chi connectivity index (χ3v) is 5.93. The molecule has 1 aromatic heterocycles. The second-order valence-corrected chi connectivity index (χ2v) is 8.37. The van der Waals surface area contributed by atoms with Gasteiger partial charge in [-0.1, -0.05) is 60.7 Å². The quantitative estimate of drug-likeness (QED) is 0.463. The van der Waals surface area contributed by atoms with Crippen molar-refractivity contribution >= 4 is 22.6 Å². The molecular formula is C27H26N4O. The highest BCUT2D eigenvalue weighted by Gasteiger charge is 2.21. The topological polar surface area (TPSA) is 57.3 Å². The molecule has 160 valence electrons. The first-order valence-corrected chi connectivity index (χ1v) is 11.0. The number of carbonyl (C=O) groups is 1. The maximum absolute atomic E-state index is 12.5. The number of nitrogens with one attached hydrogen (secondary N) is 2. The van der Waals surface area contributed by atoms with Crippen LogP contribution in [0.2, 0.25) is 0 Å². The maximum atomic E-state index is 12.5. The number of fused-ring (bicyclic) bond motifs is 1. The number of likely N-dealkylation sites (N-methyl/N-ethyl adjacent to an activating group) is 1. The molecule has 2 heterocycles. The molecule has 1 unspecified atom stereocenters. The highest BCUT2D eigenvalue weighted by Crippen LogP contribution is 2.34. The summed E-state index contributed by atoms with van der Waals surface area (Å²) in [7, 11) is 2.07. The first kappa shape index (κ1) is 20.2. The van der Waals surface area contributed by atoms with Gasteiger partial charge in [-0.05, 0) is 49.8 Å². The number of benzene rings is 3. The van der Waals surface area contributed by atoms with Crippen LogP contribution in [0.3, 0.4) is 0 Å². The van der Waals surface area contributed by atoms with Crippen LogP contribution in [0.4, 0.5) is 10.5 Å². The lowest BCUT2D eigenvalue weighted by Gasteiger charge is -2.15. The van der Waals surface area contributed by atoms with E-state index in [1.807, 2.05) is 54.6 Å². The summed E-state index contributed by atoms with van der Waals surface area (Å²) in [5, 5.41) is 7.04. The van der Waals surface area contributed by atoms with Crippen molar-refractivity contribution in [3.8, 4) is 22.4 Å². The molecule has 5 heteroatoms. The fourth-order valence-corrected chi connectivity index (χ4v) is 4.31. The van der Waals surface area contributed by atoms with E-state index in [1.54, 1.807) is 0 Å². The van der Waals surface area contributed by atoms with E-state index in [1.165, 1.54) is 0 Å². The molecule has 1 fully saturated rings. The molecule has 0 saturated carbocycles. The third-order valence-electron chi connectivity index (χ3n) is 5.93. The lowest BCUT2D eigenvalue weighted by atomic mass is 9.97. The number of hydrogen-bond acceptors (Lipinski definition) is 3. The van der Waals surface area contributed by atoms with E-state index in [9.17, 15) is 4.79 Å². The highest BCUT2D eigenvalue weighted by atomic mass is 16.2. The molecule has 0 spiro atoms. The molecule has 1 aliphatic rings.